The Hall–Kier alpha value is -1.22. The molecule has 0 bridgehead atoms. The molecule has 3 N–H and O–H groups in total. The van der Waals surface area contributed by atoms with Crippen LogP contribution in [0.15, 0.2) is 24.3 Å². The van der Waals surface area contributed by atoms with Crippen molar-refractivity contribution in [2.75, 3.05) is 23.3 Å². The number of rotatable bonds is 3. The summed E-state index contributed by atoms with van der Waals surface area (Å²) in [5, 5.41) is 3.57. The minimum Gasteiger partial charge on any atom is -0.382 e. The fourth-order valence-electron chi connectivity index (χ4n) is 2.78. The fourth-order valence-corrected chi connectivity index (χ4v) is 2.78. The number of nitrogens with two attached hydrogens (primary N) is 1. The zero-order valence-corrected chi connectivity index (χ0v) is 10.2. The predicted octanol–water partition coefficient (Wildman–Crippen LogP) is 2.19. The summed E-state index contributed by atoms with van der Waals surface area (Å²) in [5.41, 5.74) is 8.40. The Bertz CT molecular complexity index is 379. The first-order chi connectivity index (χ1) is 8.31. The number of anilines is 2. The summed E-state index contributed by atoms with van der Waals surface area (Å²) in [6.07, 6.45) is 4.87. The highest BCUT2D eigenvalue weighted by Gasteiger charge is 2.25. The quantitative estimate of drug-likeness (QED) is 0.838. The Morgan fingerprint density at radius 2 is 1.94 bits per heavy atom. The second-order valence-corrected chi connectivity index (χ2v) is 5.32. The van der Waals surface area contributed by atoms with E-state index < -0.39 is 0 Å². The van der Waals surface area contributed by atoms with Crippen LogP contribution >= 0.6 is 0 Å². The van der Waals surface area contributed by atoms with Gasteiger partial charge in [-0.25, -0.2) is 0 Å². The maximum atomic E-state index is 5.80. The van der Waals surface area contributed by atoms with Crippen LogP contribution in [-0.4, -0.2) is 25.2 Å². The van der Waals surface area contributed by atoms with Crippen LogP contribution in [0.4, 0.5) is 11.4 Å². The van der Waals surface area contributed by atoms with E-state index in [-0.39, 0.29) is 0 Å². The molecule has 2 fully saturated rings. The van der Waals surface area contributed by atoms with Crippen molar-refractivity contribution in [1.29, 1.82) is 0 Å². The number of hydrogen-bond donors (Lipinski definition) is 2. The summed E-state index contributed by atoms with van der Waals surface area (Å²) >= 11 is 0. The molecule has 1 aliphatic heterocycles. The van der Waals surface area contributed by atoms with Gasteiger partial charge in [0.15, 0.2) is 0 Å². The molecule has 0 atom stereocenters. The molecule has 1 heterocycles. The van der Waals surface area contributed by atoms with E-state index in [9.17, 15) is 0 Å². The van der Waals surface area contributed by atoms with Gasteiger partial charge in [0.1, 0.15) is 0 Å². The van der Waals surface area contributed by atoms with Crippen molar-refractivity contribution < 1.29 is 0 Å². The molecule has 17 heavy (non-hydrogen) atoms. The average Bonchev–Trinajstić information content (AvgIpc) is 2.81. The summed E-state index contributed by atoms with van der Waals surface area (Å²) in [4.78, 5) is 2.47. The third-order valence-corrected chi connectivity index (χ3v) is 3.86. The van der Waals surface area contributed by atoms with Crippen LogP contribution in [-0.2, 0) is 0 Å². The Morgan fingerprint density at radius 3 is 2.65 bits per heavy atom. The van der Waals surface area contributed by atoms with Crippen molar-refractivity contribution in [2.24, 2.45) is 5.73 Å². The maximum absolute atomic E-state index is 5.80. The van der Waals surface area contributed by atoms with Crippen LogP contribution in [0, 0.1) is 0 Å². The molecule has 3 nitrogen and oxygen atoms in total. The van der Waals surface area contributed by atoms with Crippen molar-refractivity contribution in [3.63, 3.8) is 0 Å². The van der Waals surface area contributed by atoms with Crippen LogP contribution < -0.4 is 16.0 Å². The molecule has 1 saturated heterocycles. The molecule has 2 aliphatic rings. The van der Waals surface area contributed by atoms with Crippen molar-refractivity contribution in [3.8, 4) is 0 Å². The zero-order chi connectivity index (χ0) is 11.7. The van der Waals surface area contributed by atoms with E-state index in [0.29, 0.717) is 12.1 Å². The predicted molar refractivity (Wildman–Crippen MR) is 72.5 cm³/mol. The normalized spacial score (nSPS) is 27.9. The van der Waals surface area contributed by atoms with Gasteiger partial charge in [-0.3, -0.25) is 0 Å². The molecule has 3 heteroatoms. The van der Waals surface area contributed by atoms with E-state index in [0.717, 1.165) is 12.8 Å². The van der Waals surface area contributed by atoms with Crippen LogP contribution in [0.1, 0.15) is 25.7 Å². The van der Waals surface area contributed by atoms with Crippen molar-refractivity contribution in [1.82, 2.24) is 0 Å². The minimum atomic E-state index is 0.411. The summed E-state index contributed by atoms with van der Waals surface area (Å²) < 4.78 is 0. The lowest BCUT2D eigenvalue weighted by molar-refractivity contribution is 0.374. The highest BCUT2D eigenvalue weighted by atomic mass is 15.1. The molecule has 92 valence electrons. The van der Waals surface area contributed by atoms with Gasteiger partial charge in [-0.1, -0.05) is 6.07 Å². The highest BCUT2D eigenvalue weighted by molar-refractivity contribution is 5.59. The van der Waals surface area contributed by atoms with Crippen LogP contribution in [0.3, 0.4) is 0 Å². The monoisotopic (exact) mass is 231 g/mol. The Morgan fingerprint density at radius 1 is 1.18 bits per heavy atom. The number of hydrogen-bond acceptors (Lipinski definition) is 3. The number of benzene rings is 1. The molecule has 1 aromatic carbocycles. The van der Waals surface area contributed by atoms with Gasteiger partial charge in [0, 0.05) is 36.5 Å². The third kappa shape index (κ3) is 2.39. The lowest BCUT2D eigenvalue weighted by atomic mass is 9.87. The standard InChI is InChI=1S/C14H21N3/c15-11-8-13(9-11)16-12-4-3-5-14(10-12)17-6-1-2-7-17/h3-5,10-11,13,16H,1-2,6-9,15H2. The molecule has 0 aromatic heterocycles. The van der Waals surface area contributed by atoms with Crippen molar-refractivity contribution in [3.05, 3.63) is 24.3 Å². The van der Waals surface area contributed by atoms with Crippen LogP contribution in [0.25, 0.3) is 0 Å². The Labute approximate surface area is 103 Å². The molecule has 1 aliphatic carbocycles. The lowest BCUT2D eigenvalue weighted by Gasteiger charge is -2.34. The van der Waals surface area contributed by atoms with Crippen molar-refractivity contribution >= 4 is 11.4 Å². The van der Waals surface area contributed by atoms with Gasteiger partial charge in [0.25, 0.3) is 0 Å². The molecule has 0 radical (unpaired) electrons. The van der Waals surface area contributed by atoms with E-state index in [1.54, 1.807) is 0 Å². The molecular weight excluding hydrogens is 210 g/mol. The second-order valence-electron chi connectivity index (χ2n) is 5.32. The SMILES string of the molecule is NC1CC(Nc2cccc(N3CCCC3)c2)C1. The van der Waals surface area contributed by atoms with E-state index in [1.807, 2.05) is 0 Å². The Balaban J connectivity index is 1.66. The largest absolute Gasteiger partial charge is 0.382 e. The van der Waals surface area contributed by atoms with Gasteiger partial charge in [0.05, 0.1) is 0 Å². The Kier molecular flexibility index (Phi) is 2.93. The summed E-state index contributed by atoms with van der Waals surface area (Å²) in [5.74, 6) is 0. The van der Waals surface area contributed by atoms with Gasteiger partial charge in [-0.05, 0) is 43.9 Å². The molecular formula is C14H21N3. The van der Waals surface area contributed by atoms with Gasteiger partial charge in [-0.2, -0.15) is 0 Å². The number of nitrogens with zero attached hydrogens (tertiary/aromatic N) is 1. The first-order valence-electron chi connectivity index (χ1n) is 6.68. The minimum absolute atomic E-state index is 0.411. The van der Waals surface area contributed by atoms with Crippen LogP contribution in [0.2, 0.25) is 0 Å². The first kappa shape index (κ1) is 10.9. The van der Waals surface area contributed by atoms with E-state index in [2.05, 4.69) is 34.5 Å². The van der Waals surface area contributed by atoms with Crippen LogP contribution in [0.5, 0.6) is 0 Å². The molecule has 1 saturated carbocycles. The fraction of sp³-hybridized carbons (Fsp3) is 0.571. The van der Waals surface area contributed by atoms with Crippen molar-refractivity contribution in [2.45, 2.75) is 37.8 Å². The van der Waals surface area contributed by atoms with Gasteiger partial charge < -0.3 is 16.0 Å². The zero-order valence-electron chi connectivity index (χ0n) is 10.2. The highest BCUT2D eigenvalue weighted by Crippen LogP contribution is 2.26. The molecule has 0 spiro atoms. The smallest absolute Gasteiger partial charge is 0.0386 e. The molecule has 3 rings (SSSR count). The maximum Gasteiger partial charge on any atom is 0.0386 e. The van der Waals surface area contributed by atoms with E-state index >= 15 is 0 Å². The third-order valence-electron chi connectivity index (χ3n) is 3.86. The molecule has 0 unspecified atom stereocenters. The van der Waals surface area contributed by atoms with E-state index in [1.165, 1.54) is 37.3 Å². The molecule has 0 amide bonds. The molecule has 1 aromatic rings. The van der Waals surface area contributed by atoms with Gasteiger partial charge >= 0.3 is 0 Å². The average molecular weight is 231 g/mol. The lowest BCUT2D eigenvalue weighted by Crippen LogP contribution is -2.44. The van der Waals surface area contributed by atoms with Gasteiger partial charge in [0.2, 0.25) is 0 Å². The number of nitrogens with one attached hydrogen (secondary N) is 1. The summed E-state index contributed by atoms with van der Waals surface area (Å²) in [7, 11) is 0. The van der Waals surface area contributed by atoms with Gasteiger partial charge in [-0.15, -0.1) is 0 Å². The van der Waals surface area contributed by atoms with E-state index in [4.69, 9.17) is 5.73 Å². The topological polar surface area (TPSA) is 41.3 Å². The summed E-state index contributed by atoms with van der Waals surface area (Å²) in [6, 6.07) is 9.78. The second kappa shape index (κ2) is 4.57. The summed E-state index contributed by atoms with van der Waals surface area (Å²) in [6.45, 7) is 2.41. The first-order valence-corrected chi connectivity index (χ1v) is 6.68.